The summed E-state index contributed by atoms with van der Waals surface area (Å²) in [7, 11) is 1.82. The van der Waals surface area contributed by atoms with E-state index in [2.05, 4.69) is 26.6 Å². The first kappa shape index (κ1) is 16.5. The summed E-state index contributed by atoms with van der Waals surface area (Å²) < 4.78 is 3.90. The van der Waals surface area contributed by atoms with E-state index in [9.17, 15) is 4.79 Å². The molecule has 3 aromatic rings. The van der Waals surface area contributed by atoms with E-state index in [4.69, 9.17) is 0 Å². The highest BCUT2D eigenvalue weighted by molar-refractivity contribution is 5.92. The molecule has 1 aliphatic heterocycles. The molecule has 1 unspecified atom stereocenters. The van der Waals surface area contributed by atoms with Gasteiger partial charge in [0.05, 0.1) is 0 Å². The lowest BCUT2D eigenvalue weighted by molar-refractivity contribution is 0.0779. The zero-order valence-corrected chi connectivity index (χ0v) is 15.0. The van der Waals surface area contributed by atoms with Crippen molar-refractivity contribution >= 4 is 5.91 Å². The van der Waals surface area contributed by atoms with E-state index in [-0.39, 0.29) is 5.91 Å². The molecular weight excluding hydrogens is 328 g/mol. The number of pyridine rings is 1. The number of nitrogens with zero attached hydrogens (tertiary/aromatic N) is 6. The number of aromatic nitrogens is 5. The van der Waals surface area contributed by atoms with Crippen molar-refractivity contribution in [2.45, 2.75) is 19.9 Å². The largest absolute Gasteiger partial charge is 0.337 e. The Morgan fingerprint density at radius 3 is 2.92 bits per heavy atom. The Kier molecular flexibility index (Phi) is 4.28. The Balaban J connectivity index is 1.48. The maximum atomic E-state index is 12.6. The Morgan fingerprint density at radius 1 is 1.31 bits per heavy atom. The van der Waals surface area contributed by atoms with Gasteiger partial charge in [-0.3, -0.25) is 14.5 Å². The van der Waals surface area contributed by atoms with E-state index >= 15 is 0 Å². The Hall–Kier alpha value is -2.96. The first-order valence-electron chi connectivity index (χ1n) is 8.83. The average Bonchev–Trinajstić information content (AvgIpc) is 3.37. The quantitative estimate of drug-likeness (QED) is 0.723. The number of imidazole rings is 1. The van der Waals surface area contributed by atoms with Crippen molar-refractivity contribution < 1.29 is 4.79 Å². The van der Waals surface area contributed by atoms with Crippen LogP contribution in [-0.2, 0) is 13.6 Å². The van der Waals surface area contributed by atoms with Crippen LogP contribution >= 0.6 is 0 Å². The number of likely N-dealkylation sites (tertiary alicyclic amines) is 1. The molecule has 26 heavy (non-hydrogen) atoms. The maximum absolute atomic E-state index is 12.6. The summed E-state index contributed by atoms with van der Waals surface area (Å²) in [6.45, 7) is 4.44. The van der Waals surface area contributed by atoms with Crippen molar-refractivity contribution in [3.63, 3.8) is 0 Å². The first-order valence-corrected chi connectivity index (χ1v) is 8.83. The maximum Gasteiger partial charge on any atom is 0.274 e. The molecule has 0 spiro atoms. The second-order valence-corrected chi connectivity index (χ2v) is 6.86. The highest BCUT2D eigenvalue weighted by Gasteiger charge is 2.29. The topological polar surface area (TPSA) is 68.8 Å². The van der Waals surface area contributed by atoms with Crippen LogP contribution in [-0.4, -0.2) is 48.2 Å². The van der Waals surface area contributed by atoms with E-state index < -0.39 is 0 Å². The third kappa shape index (κ3) is 3.12. The van der Waals surface area contributed by atoms with Gasteiger partial charge in [-0.15, -0.1) is 0 Å². The molecule has 0 aliphatic carbocycles. The minimum atomic E-state index is 0.0166. The number of hydrogen-bond donors (Lipinski definition) is 0. The highest BCUT2D eigenvalue weighted by Crippen LogP contribution is 2.24. The van der Waals surface area contributed by atoms with Crippen LogP contribution in [0.15, 0.2) is 43.0 Å². The van der Waals surface area contributed by atoms with Crippen molar-refractivity contribution in [1.29, 1.82) is 0 Å². The molecule has 0 aromatic carbocycles. The van der Waals surface area contributed by atoms with Gasteiger partial charge in [-0.05, 0) is 37.5 Å². The van der Waals surface area contributed by atoms with Crippen LogP contribution in [0.1, 0.15) is 22.6 Å². The minimum absolute atomic E-state index is 0.0166. The average molecular weight is 350 g/mol. The van der Waals surface area contributed by atoms with Crippen LogP contribution < -0.4 is 0 Å². The molecule has 0 radical (unpaired) electrons. The molecule has 0 N–H and O–H groups in total. The van der Waals surface area contributed by atoms with E-state index in [1.807, 2.05) is 36.5 Å². The van der Waals surface area contributed by atoms with Gasteiger partial charge in [0.1, 0.15) is 11.5 Å². The van der Waals surface area contributed by atoms with Crippen molar-refractivity contribution in [2.75, 3.05) is 13.1 Å². The zero-order chi connectivity index (χ0) is 18.1. The van der Waals surface area contributed by atoms with Gasteiger partial charge < -0.3 is 9.47 Å². The fourth-order valence-corrected chi connectivity index (χ4v) is 3.53. The molecule has 0 bridgehead atoms. The fraction of sp³-hybridized carbons (Fsp3) is 0.368. The predicted molar refractivity (Wildman–Crippen MR) is 97.4 cm³/mol. The summed E-state index contributed by atoms with van der Waals surface area (Å²) in [4.78, 5) is 23.3. The SMILES string of the molecule is Cc1cnc(-c2cccnc2)n1CC1CCN(C(=O)c2ccn(C)n2)C1. The van der Waals surface area contributed by atoms with Crippen molar-refractivity contribution in [2.24, 2.45) is 13.0 Å². The van der Waals surface area contributed by atoms with Gasteiger partial charge in [-0.25, -0.2) is 4.98 Å². The molecular formula is C19H22N6O. The predicted octanol–water partition coefficient (Wildman–Crippen LogP) is 2.15. The van der Waals surface area contributed by atoms with Crippen LogP contribution in [0, 0.1) is 12.8 Å². The van der Waals surface area contributed by atoms with E-state index in [1.54, 1.807) is 23.1 Å². The monoisotopic (exact) mass is 350 g/mol. The summed E-state index contributed by atoms with van der Waals surface area (Å²) in [6.07, 6.45) is 8.29. The molecule has 134 valence electrons. The molecule has 7 heteroatoms. The summed E-state index contributed by atoms with van der Waals surface area (Å²) >= 11 is 0. The number of carbonyl (C=O) groups excluding carboxylic acids is 1. The van der Waals surface area contributed by atoms with E-state index in [0.29, 0.717) is 11.6 Å². The summed E-state index contributed by atoms with van der Waals surface area (Å²) in [5.41, 5.74) is 2.65. The second-order valence-electron chi connectivity index (χ2n) is 6.86. The molecule has 1 aliphatic rings. The molecule has 1 saturated heterocycles. The van der Waals surface area contributed by atoms with Crippen molar-refractivity contribution in [3.05, 3.63) is 54.4 Å². The number of amides is 1. The third-order valence-electron chi connectivity index (χ3n) is 4.92. The smallest absolute Gasteiger partial charge is 0.274 e. The molecule has 7 nitrogen and oxygen atoms in total. The van der Waals surface area contributed by atoms with Gasteiger partial charge >= 0.3 is 0 Å². The van der Waals surface area contributed by atoms with Crippen LogP contribution in [0.4, 0.5) is 0 Å². The molecule has 1 atom stereocenters. The van der Waals surface area contributed by atoms with Crippen molar-refractivity contribution in [1.82, 2.24) is 29.2 Å². The van der Waals surface area contributed by atoms with Gasteiger partial charge in [0.15, 0.2) is 0 Å². The summed E-state index contributed by atoms with van der Waals surface area (Å²) in [6, 6.07) is 5.72. The number of carbonyl (C=O) groups is 1. The molecule has 4 rings (SSSR count). The third-order valence-corrected chi connectivity index (χ3v) is 4.92. The normalized spacial score (nSPS) is 17.0. The molecule has 4 heterocycles. The van der Waals surface area contributed by atoms with Gasteiger partial charge in [0.2, 0.25) is 0 Å². The highest BCUT2D eigenvalue weighted by atomic mass is 16.2. The van der Waals surface area contributed by atoms with E-state index in [1.165, 1.54) is 0 Å². The molecule has 3 aromatic heterocycles. The summed E-state index contributed by atoms with van der Waals surface area (Å²) in [5, 5.41) is 4.23. The lowest BCUT2D eigenvalue weighted by atomic mass is 10.1. The molecule has 1 fully saturated rings. The number of rotatable bonds is 4. The Labute approximate surface area is 152 Å². The number of hydrogen-bond acceptors (Lipinski definition) is 4. The van der Waals surface area contributed by atoms with Crippen LogP contribution in [0.2, 0.25) is 0 Å². The standard InChI is InChI=1S/C19H22N6O/c1-14-10-21-18(16-4-3-7-20-11-16)25(14)13-15-5-9-24(12-15)19(26)17-6-8-23(2)22-17/h3-4,6-8,10-11,15H,5,9,12-13H2,1-2H3. The van der Waals surface area contributed by atoms with Crippen LogP contribution in [0.5, 0.6) is 0 Å². The minimum Gasteiger partial charge on any atom is -0.337 e. The molecule has 1 amide bonds. The van der Waals surface area contributed by atoms with Gasteiger partial charge in [-0.1, -0.05) is 0 Å². The van der Waals surface area contributed by atoms with E-state index in [0.717, 1.165) is 43.1 Å². The van der Waals surface area contributed by atoms with Crippen LogP contribution in [0.25, 0.3) is 11.4 Å². The van der Waals surface area contributed by atoms with Gasteiger partial charge in [0, 0.05) is 62.7 Å². The summed E-state index contributed by atoms with van der Waals surface area (Å²) in [5.74, 6) is 1.36. The first-order chi connectivity index (χ1) is 12.6. The Morgan fingerprint density at radius 2 is 2.19 bits per heavy atom. The second kappa shape index (κ2) is 6.74. The van der Waals surface area contributed by atoms with Gasteiger partial charge in [0.25, 0.3) is 5.91 Å². The number of aryl methyl sites for hydroxylation is 2. The van der Waals surface area contributed by atoms with Gasteiger partial charge in [-0.2, -0.15) is 5.10 Å². The zero-order valence-electron chi connectivity index (χ0n) is 15.0. The fourth-order valence-electron chi connectivity index (χ4n) is 3.53. The Bertz CT molecular complexity index is 913. The molecule has 0 saturated carbocycles. The van der Waals surface area contributed by atoms with Crippen molar-refractivity contribution in [3.8, 4) is 11.4 Å². The lowest BCUT2D eigenvalue weighted by Crippen LogP contribution is -2.29. The lowest BCUT2D eigenvalue weighted by Gasteiger charge is -2.17. The van der Waals surface area contributed by atoms with Crippen LogP contribution in [0.3, 0.4) is 0 Å².